The summed E-state index contributed by atoms with van der Waals surface area (Å²) in [6.07, 6.45) is 1.13. The van der Waals surface area contributed by atoms with Gasteiger partial charge in [0.1, 0.15) is 11.8 Å². The van der Waals surface area contributed by atoms with Crippen LogP contribution >= 0.6 is 39.1 Å². The maximum atomic E-state index is 13.6. The van der Waals surface area contributed by atoms with E-state index < -0.39 is 6.04 Å². The van der Waals surface area contributed by atoms with Gasteiger partial charge in [-0.2, -0.15) is 0 Å². The highest BCUT2D eigenvalue weighted by atomic mass is 79.9. The van der Waals surface area contributed by atoms with E-state index in [1.165, 1.54) is 0 Å². The third-order valence-electron chi connectivity index (χ3n) is 5.79. The van der Waals surface area contributed by atoms with E-state index in [2.05, 4.69) is 21.2 Å². The van der Waals surface area contributed by atoms with Crippen LogP contribution < -0.4 is 10.1 Å². The predicted molar refractivity (Wildman–Crippen MR) is 148 cm³/mol. The number of halogens is 3. The molecule has 190 valence electrons. The number of hydrogen-bond acceptors (Lipinski definition) is 3. The fourth-order valence-corrected chi connectivity index (χ4v) is 4.17. The Labute approximate surface area is 230 Å². The van der Waals surface area contributed by atoms with Gasteiger partial charge in [0.15, 0.2) is 6.61 Å². The SMILES string of the molecule is CC[C@H](C)NC(=O)[C@H](Cc1ccccc1)N(Cc1ccc(Cl)c(Cl)c1)C(=O)COc1ccc(Br)cc1. The average molecular weight is 592 g/mol. The van der Waals surface area contributed by atoms with Crippen LogP contribution in [0.3, 0.4) is 0 Å². The van der Waals surface area contributed by atoms with E-state index in [1.54, 1.807) is 35.2 Å². The number of carbonyl (C=O) groups is 2. The number of ether oxygens (including phenoxy) is 1. The van der Waals surface area contributed by atoms with E-state index in [0.29, 0.717) is 22.2 Å². The van der Waals surface area contributed by atoms with Crippen LogP contribution in [0, 0.1) is 0 Å². The van der Waals surface area contributed by atoms with E-state index in [4.69, 9.17) is 27.9 Å². The van der Waals surface area contributed by atoms with Crippen LogP contribution in [0.5, 0.6) is 5.75 Å². The third-order valence-corrected chi connectivity index (χ3v) is 7.05. The molecule has 0 radical (unpaired) electrons. The molecular weight excluding hydrogens is 563 g/mol. The lowest BCUT2D eigenvalue weighted by Gasteiger charge is -2.32. The summed E-state index contributed by atoms with van der Waals surface area (Å²) in [6.45, 7) is 3.90. The lowest BCUT2D eigenvalue weighted by Crippen LogP contribution is -2.53. The zero-order valence-corrected chi connectivity index (χ0v) is 23.3. The topological polar surface area (TPSA) is 58.6 Å². The van der Waals surface area contributed by atoms with Crippen LogP contribution in [0.1, 0.15) is 31.4 Å². The molecule has 5 nitrogen and oxygen atoms in total. The Morgan fingerprint density at radius 3 is 2.31 bits per heavy atom. The van der Waals surface area contributed by atoms with Crippen molar-refractivity contribution in [2.75, 3.05) is 6.61 Å². The maximum absolute atomic E-state index is 13.6. The second-order valence-electron chi connectivity index (χ2n) is 8.54. The highest BCUT2D eigenvalue weighted by Crippen LogP contribution is 2.24. The van der Waals surface area contributed by atoms with Gasteiger partial charge in [0.2, 0.25) is 5.91 Å². The molecule has 0 aromatic heterocycles. The molecule has 3 aromatic rings. The predicted octanol–water partition coefficient (Wildman–Crippen LogP) is 6.69. The van der Waals surface area contributed by atoms with Crippen molar-refractivity contribution in [2.45, 2.75) is 45.3 Å². The molecule has 2 atom stereocenters. The van der Waals surface area contributed by atoms with Crippen LogP contribution in [-0.2, 0) is 22.6 Å². The van der Waals surface area contributed by atoms with Crippen LogP contribution in [0.25, 0.3) is 0 Å². The molecule has 3 rings (SSSR count). The van der Waals surface area contributed by atoms with Crippen molar-refractivity contribution in [3.8, 4) is 5.75 Å². The highest BCUT2D eigenvalue weighted by molar-refractivity contribution is 9.10. The Bertz CT molecular complexity index is 1160. The van der Waals surface area contributed by atoms with Crippen molar-refractivity contribution in [3.63, 3.8) is 0 Å². The molecule has 3 aromatic carbocycles. The van der Waals surface area contributed by atoms with Crippen LogP contribution in [-0.4, -0.2) is 35.4 Å². The minimum absolute atomic E-state index is 0.0308. The first-order chi connectivity index (χ1) is 17.3. The molecule has 36 heavy (non-hydrogen) atoms. The second kappa shape index (κ2) is 13.7. The van der Waals surface area contributed by atoms with Crippen molar-refractivity contribution in [2.24, 2.45) is 0 Å². The first kappa shape index (κ1) is 28.0. The Morgan fingerprint density at radius 1 is 0.972 bits per heavy atom. The Morgan fingerprint density at radius 2 is 1.67 bits per heavy atom. The van der Waals surface area contributed by atoms with Gasteiger partial charge in [0, 0.05) is 23.5 Å². The molecule has 0 saturated heterocycles. The number of rotatable bonds is 11. The summed E-state index contributed by atoms with van der Waals surface area (Å²) in [5.41, 5.74) is 1.71. The van der Waals surface area contributed by atoms with Crippen molar-refractivity contribution >= 4 is 50.9 Å². The van der Waals surface area contributed by atoms with Crippen LogP contribution in [0.4, 0.5) is 0 Å². The van der Waals surface area contributed by atoms with Crippen molar-refractivity contribution in [1.82, 2.24) is 10.2 Å². The largest absolute Gasteiger partial charge is 0.484 e. The summed E-state index contributed by atoms with van der Waals surface area (Å²) >= 11 is 15.7. The van der Waals surface area contributed by atoms with Crippen molar-refractivity contribution in [3.05, 3.63) is 98.4 Å². The molecule has 0 fully saturated rings. The smallest absolute Gasteiger partial charge is 0.261 e. The number of hydrogen-bond donors (Lipinski definition) is 1. The minimum atomic E-state index is -0.753. The maximum Gasteiger partial charge on any atom is 0.261 e. The molecule has 0 heterocycles. The average Bonchev–Trinajstić information content (AvgIpc) is 2.88. The molecule has 0 saturated carbocycles. The second-order valence-corrected chi connectivity index (χ2v) is 10.3. The van der Waals surface area contributed by atoms with Gasteiger partial charge in [-0.05, 0) is 60.9 Å². The summed E-state index contributed by atoms with van der Waals surface area (Å²) in [7, 11) is 0. The van der Waals surface area contributed by atoms with Gasteiger partial charge in [-0.15, -0.1) is 0 Å². The Kier molecular flexibility index (Phi) is 10.7. The zero-order valence-electron chi connectivity index (χ0n) is 20.2. The summed E-state index contributed by atoms with van der Waals surface area (Å²) < 4.78 is 6.69. The fraction of sp³-hybridized carbons (Fsp3) is 0.286. The molecular formula is C28H29BrCl2N2O3. The van der Waals surface area contributed by atoms with Crippen molar-refractivity contribution < 1.29 is 14.3 Å². The van der Waals surface area contributed by atoms with E-state index in [0.717, 1.165) is 22.0 Å². The van der Waals surface area contributed by atoms with E-state index in [-0.39, 0.29) is 31.0 Å². The number of nitrogens with zero attached hydrogens (tertiary/aromatic N) is 1. The normalized spacial score (nSPS) is 12.5. The van der Waals surface area contributed by atoms with E-state index >= 15 is 0 Å². The van der Waals surface area contributed by atoms with E-state index in [1.807, 2.05) is 56.3 Å². The molecule has 0 aliphatic carbocycles. The highest BCUT2D eigenvalue weighted by Gasteiger charge is 2.31. The number of nitrogens with one attached hydrogen (secondary N) is 1. The Hall–Kier alpha value is -2.54. The van der Waals surface area contributed by atoms with Gasteiger partial charge >= 0.3 is 0 Å². The van der Waals surface area contributed by atoms with Gasteiger partial charge < -0.3 is 15.0 Å². The molecule has 8 heteroatoms. The number of benzene rings is 3. The van der Waals surface area contributed by atoms with Crippen molar-refractivity contribution in [1.29, 1.82) is 0 Å². The molecule has 0 bridgehead atoms. The number of carbonyl (C=O) groups excluding carboxylic acids is 2. The summed E-state index contributed by atoms with van der Waals surface area (Å²) in [5, 5.41) is 3.85. The minimum Gasteiger partial charge on any atom is -0.484 e. The summed E-state index contributed by atoms with van der Waals surface area (Å²) in [5.74, 6) is 0.0270. The summed E-state index contributed by atoms with van der Waals surface area (Å²) in [6, 6.07) is 21.3. The lowest BCUT2D eigenvalue weighted by atomic mass is 10.0. The monoisotopic (exact) mass is 590 g/mol. The first-order valence-electron chi connectivity index (χ1n) is 11.7. The zero-order chi connectivity index (χ0) is 26.1. The third kappa shape index (κ3) is 8.26. The molecule has 0 aliphatic heterocycles. The Balaban J connectivity index is 1.92. The van der Waals surface area contributed by atoms with Gasteiger partial charge in [-0.1, -0.05) is 82.5 Å². The standard InChI is InChI=1S/C28H29BrCl2N2O3/c1-3-19(2)32-28(35)26(16-20-7-5-4-6-8-20)33(17-21-9-14-24(30)25(31)15-21)27(34)18-36-23-12-10-22(29)11-13-23/h4-15,19,26H,3,16-18H2,1-2H3,(H,32,35)/t19-,26-/m0/s1. The lowest BCUT2D eigenvalue weighted by molar-refractivity contribution is -0.143. The van der Waals surface area contributed by atoms with Gasteiger partial charge in [0.05, 0.1) is 10.0 Å². The molecule has 0 spiro atoms. The van der Waals surface area contributed by atoms with Crippen LogP contribution in [0.2, 0.25) is 10.0 Å². The number of amides is 2. The van der Waals surface area contributed by atoms with Gasteiger partial charge in [-0.3, -0.25) is 9.59 Å². The van der Waals surface area contributed by atoms with Crippen LogP contribution in [0.15, 0.2) is 77.3 Å². The molecule has 1 N–H and O–H groups in total. The molecule has 0 unspecified atom stereocenters. The first-order valence-corrected chi connectivity index (χ1v) is 13.3. The quantitative estimate of drug-likeness (QED) is 0.270. The molecule has 0 aliphatic rings. The summed E-state index contributed by atoms with van der Waals surface area (Å²) in [4.78, 5) is 28.6. The fourth-order valence-electron chi connectivity index (χ4n) is 3.59. The molecule has 2 amide bonds. The van der Waals surface area contributed by atoms with Gasteiger partial charge in [-0.25, -0.2) is 0 Å². The van der Waals surface area contributed by atoms with E-state index in [9.17, 15) is 9.59 Å². The van der Waals surface area contributed by atoms with Gasteiger partial charge in [0.25, 0.3) is 5.91 Å².